The molecule has 20 heavy (non-hydrogen) atoms. The first-order chi connectivity index (χ1) is 9.41. The monoisotopic (exact) mass is 288 g/mol. The van der Waals surface area contributed by atoms with Crippen LogP contribution in [0.2, 0.25) is 0 Å². The van der Waals surface area contributed by atoms with Crippen LogP contribution in [0.3, 0.4) is 0 Å². The van der Waals surface area contributed by atoms with Gasteiger partial charge >= 0.3 is 6.18 Å². The molecule has 0 saturated carbocycles. The van der Waals surface area contributed by atoms with Gasteiger partial charge in [0, 0.05) is 31.1 Å². The van der Waals surface area contributed by atoms with Crippen LogP contribution in [0.1, 0.15) is 24.8 Å². The van der Waals surface area contributed by atoms with Gasteiger partial charge in [-0.1, -0.05) is 0 Å². The number of nitrogen functional groups attached to an aromatic ring is 1. The zero-order valence-electron chi connectivity index (χ0n) is 11.2. The first kappa shape index (κ1) is 15.0. The van der Waals surface area contributed by atoms with Crippen LogP contribution in [0.5, 0.6) is 0 Å². The van der Waals surface area contributed by atoms with Crippen molar-refractivity contribution in [3.63, 3.8) is 0 Å². The lowest BCUT2D eigenvalue weighted by atomic mass is 9.93. The normalized spacial score (nSPS) is 17.5. The van der Waals surface area contributed by atoms with E-state index in [4.69, 9.17) is 10.8 Å². The van der Waals surface area contributed by atoms with E-state index >= 15 is 0 Å². The highest BCUT2D eigenvalue weighted by molar-refractivity contribution is 5.61. The summed E-state index contributed by atoms with van der Waals surface area (Å²) in [7, 11) is 0. The number of rotatable bonds is 3. The lowest BCUT2D eigenvalue weighted by Gasteiger charge is -2.35. The number of halogens is 3. The van der Waals surface area contributed by atoms with Crippen LogP contribution in [0.25, 0.3) is 0 Å². The Labute approximate surface area is 116 Å². The highest BCUT2D eigenvalue weighted by Crippen LogP contribution is 2.39. The maximum Gasteiger partial charge on any atom is 0.418 e. The molecule has 6 heteroatoms. The maximum absolute atomic E-state index is 13.1. The molecule has 1 aromatic carbocycles. The quantitative estimate of drug-likeness (QED) is 0.841. The number of benzene rings is 1. The number of hydrogen-bond donors (Lipinski definition) is 2. The van der Waals surface area contributed by atoms with Gasteiger partial charge in [0.25, 0.3) is 0 Å². The zero-order chi connectivity index (χ0) is 14.8. The summed E-state index contributed by atoms with van der Waals surface area (Å²) in [6.07, 6.45) is -2.06. The van der Waals surface area contributed by atoms with Gasteiger partial charge in [-0.25, -0.2) is 0 Å². The smallest absolute Gasteiger partial charge is 0.399 e. The van der Waals surface area contributed by atoms with Crippen molar-refractivity contribution in [2.45, 2.75) is 25.4 Å². The summed E-state index contributed by atoms with van der Waals surface area (Å²) in [5.41, 5.74) is 5.13. The summed E-state index contributed by atoms with van der Waals surface area (Å²) in [5.74, 6) is 0.402. The highest BCUT2D eigenvalue weighted by Gasteiger charge is 2.35. The Morgan fingerprint density at radius 3 is 2.45 bits per heavy atom. The van der Waals surface area contributed by atoms with E-state index in [9.17, 15) is 13.2 Å². The molecule has 1 aliphatic heterocycles. The first-order valence-corrected chi connectivity index (χ1v) is 6.74. The van der Waals surface area contributed by atoms with E-state index in [-0.39, 0.29) is 18.0 Å². The molecule has 1 saturated heterocycles. The van der Waals surface area contributed by atoms with Gasteiger partial charge in [0.15, 0.2) is 0 Å². The molecule has 0 amide bonds. The van der Waals surface area contributed by atoms with Crippen LogP contribution in [-0.4, -0.2) is 24.8 Å². The van der Waals surface area contributed by atoms with Crippen LogP contribution in [-0.2, 0) is 6.18 Å². The molecule has 0 atom stereocenters. The average molecular weight is 288 g/mol. The number of aliphatic hydroxyl groups excluding tert-OH is 1. The Bertz CT molecular complexity index is 454. The molecule has 0 spiro atoms. The lowest BCUT2D eigenvalue weighted by Crippen LogP contribution is -2.35. The van der Waals surface area contributed by atoms with Crippen molar-refractivity contribution in [1.29, 1.82) is 0 Å². The SMILES string of the molecule is Nc1ccc(N2CCC(CCO)CC2)c(C(F)(F)F)c1. The van der Waals surface area contributed by atoms with E-state index in [0.29, 0.717) is 19.0 Å². The predicted molar refractivity (Wildman–Crippen MR) is 72.5 cm³/mol. The minimum atomic E-state index is -4.40. The average Bonchev–Trinajstić information content (AvgIpc) is 2.39. The first-order valence-electron chi connectivity index (χ1n) is 6.74. The van der Waals surface area contributed by atoms with Gasteiger partial charge in [-0.2, -0.15) is 13.2 Å². The van der Waals surface area contributed by atoms with E-state index in [1.54, 1.807) is 4.90 Å². The van der Waals surface area contributed by atoms with E-state index in [1.165, 1.54) is 12.1 Å². The number of nitrogens with zero attached hydrogens (tertiary/aromatic N) is 1. The molecule has 2 rings (SSSR count). The third-order valence-corrected chi connectivity index (χ3v) is 3.82. The Kier molecular flexibility index (Phi) is 4.42. The Balaban J connectivity index is 2.18. The summed E-state index contributed by atoms with van der Waals surface area (Å²) < 4.78 is 39.2. The maximum atomic E-state index is 13.1. The molecular formula is C14H19F3N2O. The van der Waals surface area contributed by atoms with Crippen LogP contribution >= 0.6 is 0 Å². The van der Waals surface area contributed by atoms with Crippen molar-refractivity contribution >= 4 is 11.4 Å². The number of aliphatic hydroxyl groups is 1. The minimum Gasteiger partial charge on any atom is -0.399 e. The van der Waals surface area contributed by atoms with Gasteiger partial charge < -0.3 is 15.7 Å². The van der Waals surface area contributed by atoms with Gasteiger partial charge in [-0.05, 0) is 43.4 Å². The summed E-state index contributed by atoms with van der Waals surface area (Å²) >= 11 is 0. The molecule has 1 fully saturated rings. The van der Waals surface area contributed by atoms with Crippen molar-refractivity contribution < 1.29 is 18.3 Å². The number of hydrogen-bond acceptors (Lipinski definition) is 3. The van der Waals surface area contributed by atoms with E-state index in [2.05, 4.69) is 0 Å². The second kappa shape index (κ2) is 5.91. The summed E-state index contributed by atoms with van der Waals surface area (Å²) in [6.45, 7) is 1.30. The van der Waals surface area contributed by atoms with Gasteiger partial charge in [0.05, 0.1) is 5.56 Å². The second-order valence-corrected chi connectivity index (χ2v) is 5.22. The van der Waals surface area contributed by atoms with E-state index in [1.807, 2.05) is 0 Å². The van der Waals surface area contributed by atoms with Crippen LogP contribution in [0.4, 0.5) is 24.5 Å². The van der Waals surface area contributed by atoms with Crippen molar-refractivity contribution in [2.75, 3.05) is 30.3 Å². The zero-order valence-corrected chi connectivity index (χ0v) is 11.2. The lowest BCUT2D eigenvalue weighted by molar-refractivity contribution is -0.137. The fourth-order valence-electron chi connectivity index (χ4n) is 2.70. The number of anilines is 2. The third-order valence-electron chi connectivity index (χ3n) is 3.82. The van der Waals surface area contributed by atoms with Crippen molar-refractivity contribution in [3.05, 3.63) is 23.8 Å². The van der Waals surface area contributed by atoms with Crippen molar-refractivity contribution in [2.24, 2.45) is 5.92 Å². The van der Waals surface area contributed by atoms with Crippen LogP contribution < -0.4 is 10.6 Å². The largest absolute Gasteiger partial charge is 0.418 e. The number of alkyl halides is 3. The molecule has 1 aromatic rings. The molecule has 3 N–H and O–H groups in total. The Morgan fingerprint density at radius 1 is 1.25 bits per heavy atom. The topological polar surface area (TPSA) is 49.5 Å². The molecule has 0 bridgehead atoms. The minimum absolute atomic E-state index is 0.122. The third kappa shape index (κ3) is 3.36. The molecule has 1 aliphatic rings. The fraction of sp³-hybridized carbons (Fsp3) is 0.571. The van der Waals surface area contributed by atoms with Crippen LogP contribution in [0.15, 0.2) is 18.2 Å². The van der Waals surface area contributed by atoms with Gasteiger partial charge in [-0.15, -0.1) is 0 Å². The highest BCUT2D eigenvalue weighted by atomic mass is 19.4. The molecule has 0 aliphatic carbocycles. The summed E-state index contributed by atoms with van der Waals surface area (Å²) in [4.78, 5) is 1.76. The predicted octanol–water partition coefficient (Wildman–Crippen LogP) is 2.89. The Morgan fingerprint density at radius 2 is 1.90 bits per heavy atom. The van der Waals surface area contributed by atoms with Gasteiger partial charge in [0.2, 0.25) is 0 Å². The molecule has 0 unspecified atom stereocenters. The number of nitrogens with two attached hydrogens (primary N) is 1. The molecular weight excluding hydrogens is 269 g/mol. The summed E-state index contributed by atoms with van der Waals surface area (Å²) in [6, 6.07) is 3.95. The van der Waals surface area contributed by atoms with Gasteiger partial charge in [-0.3, -0.25) is 0 Å². The van der Waals surface area contributed by atoms with Gasteiger partial charge in [0.1, 0.15) is 0 Å². The molecule has 112 valence electrons. The van der Waals surface area contributed by atoms with Crippen molar-refractivity contribution in [1.82, 2.24) is 0 Å². The summed E-state index contributed by atoms with van der Waals surface area (Å²) in [5, 5.41) is 8.91. The standard InChI is InChI=1S/C14H19F3N2O/c15-14(16,17)12-9-11(18)1-2-13(12)19-6-3-10(4-7-19)5-8-20/h1-2,9-10,20H,3-8,18H2. The molecule has 0 aromatic heterocycles. The molecule has 3 nitrogen and oxygen atoms in total. The second-order valence-electron chi connectivity index (χ2n) is 5.22. The molecule has 0 radical (unpaired) electrons. The van der Waals surface area contributed by atoms with Crippen LogP contribution in [0, 0.1) is 5.92 Å². The van der Waals surface area contributed by atoms with E-state index < -0.39 is 11.7 Å². The fourth-order valence-corrected chi connectivity index (χ4v) is 2.70. The molecule has 1 heterocycles. The van der Waals surface area contributed by atoms with Crippen molar-refractivity contribution in [3.8, 4) is 0 Å². The Hall–Kier alpha value is -1.43. The van der Waals surface area contributed by atoms with E-state index in [0.717, 1.165) is 25.3 Å². The number of piperidine rings is 1.